The second kappa shape index (κ2) is 10.2. The van der Waals surface area contributed by atoms with Crippen LogP contribution in [0, 0.1) is 6.92 Å². The smallest absolute Gasteiger partial charge is 0.247 e. The maximum absolute atomic E-state index is 13.4. The number of carbonyl (C=O) groups excluding carboxylic acids is 2. The number of nitrogens with one attached hydrogen (secondary N) is 1. The lowest BCUT2D eigenvalue weighted by Crippen LogP contribution is -2.48. The lowest BCUT2D eigenvalue weighted by molar-refractivity contribution is -0.136. The number of sulfonamides is 1. The Bertz CT molecular complexity index is 1230. The molecule has 2 aromatic carbocycles. The molecule has 3 aromatic rings. The summed E-state index contributed by atoms with van der Waals surface area (Å²) in [6, 6.07) is 18.2. The first-order valence-corrected chi connectivity index (χ1v) is 12.5. The lowest BCUT2D eigenvalue weighted by Gasteiger charge is -2.27. The monoisotopic (exact) mass is 481 g/mol. The number of carbonyl (C=O) groups is 2. The van der Waals surface area contributed by atoms with E-state index in [-0.39, 0.29) is 17.3 Å². The maximum Gasteiger partial charge on any atom is 0.247 e. The number of nitrogens with zero attached hydrogens (tertiary/aromatic N) is 2. The van der Waals surface area contributed by atoms with E-state index < -0.39 is 28.5 Å². The van der Waals surface area contributed by atoms with Crippen LogP contribution in [0.25, 0.3) is 0 Å². The first kappa shape index (κ1) is 23.7. The fraction of sp³-hybridized carbons (Fsp3) is 0.280. The number of rotatable bonds is 8. The van der Waals surface area contributed by atoms with Crippen LogP contribution in [0.4, 0.5) is 5.69 Å². The highest BCUT2D eigenvalue weighted by Gasteiger charge is 2.37. The van der Waals surface area contributed by atoms with Crippen LogP contribution in [-0.4, -0.2) is 48.6 Å². The Hall–Kier alpha value is -3.43. The molecule has 0 radical (unpaired) electrons. The Kier molecular flexibility index (Phi) is 7.14. The van der Waals surface area contributed by atoms with Crippen LogP contribution in [-0.2, 0) is 26.2 Å². The summed E-state index contributed by atoms with van der Waals surface area (Å²) in [6.45, 7) is 1.77. The van der Waals surface area contributed by atoms with Crippen molar-refractivity contribution in [3.8, 4) is 0 Å². The Morgan fingerprint density at radius 3 is 2.47 bits per heavy atom. The Morgan fingerprint density at radius 2 is 1.79 bits per heavy atom. The molecule has 1 aliphatic heterocycles. The van der Waals surface area contributed by atoms with Gasteiger partial charge in [-0.1, -0.05) is 35.9 Å². The minimum Gasteiger partial charge on any atom is -0.468 e. The van der Waals surface area contributed by atoms with Crippen molar-refractivity contribution in [1.82, 2.24) is 9.21 Å². The molecule has 0 aliphatic carbocycles. The summed E-state index contributed by atoms with van der Waals surface area (Å²) >= 11 is 0. The third-order valence-corrected chi connectivity index (χ3v) is 7.61. The molecule has 1 N–H and O–H groups in total. The molecular formula is C25H27N3O5S. The minimum absolute atomic E-state index is 0.0936. The average molecular weight is 482 g/mol. The zero-order valence-corrected chi connectivity index (χ0v) is 19.7. The van der Waals surface area contributed by atoms with Crippen molar-refractivity contribution in [1.29, 1.82) is 0 Å². The van der Waals surface area contributed by atoms with Gasteiger partial charge in [-0.15, -0.1) is 0 Å². The zero-order valence-electron chi connectivity index (χ0n) is 18.9. The summed E-state index contributed by atoms with van der Waals surface area (Å²) in [4.78, 5) is 27.7. The fourth-order valence-corrected chi connectivity index (χ4v) is 5.34. The molecule has 1 fully saturated rings. The van der Waals surface area contributed by atoms with Crippen LogP contribution in [0.1, 0.15) is 24.2 Å². The molecule has 2 heterocycles. The number of anilines is 1. The van der Waals surface area contributed by atoms with E-state index in [2.05, 4.69) is 5.32 Å². The normalized spacial score (nSPS) is 16.1. The third-order valence-electron chi connectivity index (χ3n) is 5.80. The number of para-hydroxylation sites is 1. The molecule has 1 unspecified atom stereocenters. The van der Waals surface area contributed by atoms with Gasteiger partial charge < -0.3 is 14.6 Å². The lowest BCUT2D eigenvalue weighted by atomic mass is 10.2. The largest absolute Gasteiger partial charge is 0.468 e. The summed E-state index contributed by atoms with van der Waals surface area (Å²) in [7, 11) is -3.98. The van der Waals surface area contributed by atoms with Gasteiger partial charge in [0.1, 0.15) is 11.8 Å². The second-order valence-electron chi connectivity index (χ2n) is 8.27. The molecule has 2 amide bonds. The fourth-order valence-electron chi connectivity index (χ4n) is 3.99. The van der Waals surface area contributed by atoms with Crippen molar-refractivity contribution in [2.75, 3.05) is 18.4 Å². The van der Waals surface area contributed by atoms with Crippen molar-refractivity contribution in [2.45, 2.75) is 37.2 Å². The first-order valence-electron chi connectivity index (χ1n) is 11.1. The van der Waals surface area contributed by atoms with Gasteiger partial charge >= 0.3 is 0 Å². The molecule has 8 nitrogen and oxygen atoms in total. The number of aryl methyl sites for hydroxylation is 1. The van der Waals surface area contributed by atoms with Crippen molar-refractivity contribution in [2.24, 2.45) is 0 Å². The molecule has 1 aliphatic rings. The number of amides is 2. The van der Waals surface area contributed by atoms with Crippen molar-refractivity contribution in [3.63, 3.8) is 0 Å². The van der Waals surface area contributed by atoms with E-state index in [1.165, 1.54) is 23.3 Å². The number of benzene rings is 2. The molecule has 0 spiro atoms. The topological polar surface area (TPSA) is 99.9 Å². The predicted octanol–water partition coefficient (Wildman–Crippen LogP) is 3.41. The summed E-state index contributed by atoms with van der Waals surface area (Å²) in [6.07, 6.45) is 2.65. The summed E-state index contributed by atoms with van der Waals surface area (Å²) in [5.41, 5.74) is 1.57. The van der Waals surface area contributed by atoms with Gasteiger partial charge in [-0.3, -0.25) is 9.59 Å². The average Bonchev–Trinajstić information content (AvgIpc) is 3.52. The zero-order chi connectivity index (χ0) is 24.1. The van der Waals surface area contributed by atoms with E-state index in [0.717, 1.165) is 9.87 Å². The molecule has 0 saturated carbocycles. The van der Waals surface area contributed by atoms with Gasteiger partial charge in [-0.2, -0.15) is 4.31 Å². The van der Waals surface area contributed by atoms with Crippen LogP contribution in [0.15, 0.2) is 82.3 Å². The van der Waals surface area contributed by atoms with E-state index in [4.69, 9.17) is 4.42 Å². The molecule has 4 rings (SSSR count). The number of likely N-dealkylation sites (tertiary alicyclic amines) is 1. The molecule has 1 atom stereocenters. The quantitative estimate of drug-likeness (QED) is 0.532. The van der Waals surface area contributed by atoms with Crippen molar-refractivity contribution >= 4 is 27.5 Å². The van der Waals surface area contributed by atoms with Crippen molar-refractivity contribution < 1.29 is 22.4 Å². The van der Waals surface area contributed by atoms with E-state index in [0.29, 0.717) is 30.8 Å². The van der Waals surface area contributed by atoms with Crippen LogP contribution in [0.5, 0.6) is 0 Å². The van der Waals surface area contributed by atoms with E-state index in [1.54, 1.807) is 36.4 Å². The van der Waals surface area contributed by atoms with Gasteiger partial charge in [-0.25, -0.2) is 8.42 Å². The molecule has 0 bridgehead atoms. The van der Waals surface area contributed by atoms with Gasteiger partial charge in [0.2, 0.25) is 21.8 Å². The Balaban J connectivity index is 1.53. The van der Waals surface area contributed by atoms with Gasteiger partial charge in [0, 0.05) is 12.2 Å². The van der Waals surface area contributed by atoms with Gasteiger partial charge in [0.05, 0.1) is 24.2 Å². The van der Waals surface area contributed by atoms with Gasteiger partial charge in [0.15, 0.2) is 0 Å². The van der Waals surface area contributed by atoms with Crippen LogP contribution < -0.4 is 5.32 Å². The Labute approximate surface area is 199 Å². The molecule has 178 valence electrons. The van der Waals surface area contributed by atoms with Gasteiger partial charge in [0.25, 0.3) is 0 Å². The standard InChI is InChI=1S/C25H27N3O5S/c1-19-11-13-22(14-12-19)34(31,32)27(17-21-9-6-16-33-21)18-24(29)28-15-5-10-23(28)25(30)26-20-7-3-2-4-8-20/h2-4,6-9,11-14,16,23H,5,10,15,17-18H2,1H3,(H,26,30). The molecular weight excluding hydrogens is 454 g/mol. The van der Waals surface area contributed by atoms with Crippen LogP contribution in [0.3, 0.4) is 0 Å². The van der Waals surface area contributed by atoms with Gasteiger partial charge in [-0.05, 0) is 56.2 Å². The number of hydrogen-bond donors (Lipinski definition) is 1. The van der Waals surface area contributed by atoms with E-state index >= 15 is 0 Å². The summed E-state index contributed by atoms with van der Waals surface area (Å²) in [5.74, 6) is -0.285. The predicted molar refractivity (Wildman–Crippen MR) is 127 cm³/mol. The third kappa shape index (κ3) is 5.37. The first-order chi connectivity index (χ1) is 16.3. The summed E-state index contributed by atoms with van der Waals surface area (Å²) in [5, 5.41) is 2.84. The minimum atomic E-state index is -3.98. The highest BCUT2D eigenvalue weighted by Crippen LogP contribution is 2.23. The molecule has 34 heavy (non-hydrogen) atoms. The van der Waals surface area contributed by atoms with Crippen molar-refractivity contribution in [3.05, 3.63) is 84.3 Å². The number of hydrogen-bond acceptors (Lipinski definition) is 5. The van der Waals surface area contributed by atoms with Crippen LogP contribution in [0.2, 0.25) is 0 Å². The Morgan fingerprint density at radius 1 is 1.06 bits per heavy atom. The van der Waals surface area contributed by atoms with E-state index in [1.807, 2.05) is 25.1 Å². The highest BCUT2D eigenvalue weighted by atomic mass is 32.2. The molecule has 1 aromatic heterocycles. The number of furan rings is 1. The highest BCUT2D eigenvalue weighted by molar-refractivity contribution is 7.89. The van der Waals surface area contributed by atoms with Crippen LogP contribution >= 0.6 is 0 Å². The maximum atomic E-state index is 13.4. The molecule has 9 heteroatoms. The second-order valence-corrected chi connectivity index (χ2v) is 10.2. The SMILES string of the molecule is Cc1ccc(S(=O)(=O)N(CC(=O)N2CCCC2C(=O)Nc2ccccc2)Cc2ccco2)cc1. The van der Waals surface area contributed by atoms with E-state index in [9.17, 15) is 18.0 Å². The summed E-state index contributed by atoms with van der Waals surface area (Å²) < 4.78 is 33.3. The molecule has 1 saturated heterocycles.